The van der Waals surface area contributed by atoms with E-state index in [-0.39, 0.29) is 12.2 Å². The minimum absolute atomic E-state index is 0.109. The Morgan fingerprint density at radius 3 is 2.60 bits per heavy atom. The molecule has 1 aromatic rings. The molecule has 0 radical (unpaired) electrons. The van der Waals surface area contributed by atoms with E-state index in [2.05, 4.69) is 0 Å². The third-order valence-corrected chi connectivity index (χ3v) is 2.24. The van der Waals surface area contributed by atoms with Crippen LogP contribution in [0.25, 0.3) is 0 Å². The van der Waals surface area contributed by atoms with Gasteiger partial charge >= 0.3 is 0 Å². The highest BCUT2D eigenvalue weighted by Crippen LogP contribution is 2.25. The molecular weight excluding hydrogens is 194 g/mol. The number of aryl methyl sites for hydroxylation is 1. The van der Waals surface area contributed by atoms with Gasteiger partial charge in [-0.2, -0.15) is 5.26 Å². The smallest absolute Gasteiger partial charge is 0.115 e. The molecule has 0 spiro atoms. The van der Waals surface area contributed by atoms with E-state index in [1.165, 1.54) is 18.2 Å². The second-order valence-corrected chi connectivity index (χ2v) is 3.42. The Balaban J connectivity index is 2.91. The lowest BCUT2D eigenvalue weighted by molar-refractivity contribution is 0.0212. The number of nitrogens with zero attached hydrogens (tertiary/aromatic N) is 1. The molecule has 80 valence electrons. The summed E-state index contributed by atoms with van der Waals surface area (Å²) in [6, 6.07) is 6.26. The van der Waals surface area contributed by atoms with Gasteiger partial charge < -0.3 is 15.3 Å². The maximum Gasteiger partial charge on any atom is 0.115 e. The number of aliphatic hydroxyl groups excluding tert-OH is 2. The number of rotatable bonds is 3. The molecule has 0 aliphatic rings. The summed E-state index contributed by atoms with van der Waals surface area (Å²) < 4.78 is 0. The van der Waals surface area contributed by atoms with Crippen LogP contribution in [0.1, 0.15) is 23.7 Å². The number of benzene rings is 1. The van der Waals surface area contributed by atoms with E-state index >= 15 is 0 Å². The van der Waals surface area contributed by atoms with Crippen LogP contribution in [-0.2, 0) is 0 Å². The van der Waals surface area contributed by atoms with Gasteiger partial charge in [0.15, 0.2) is 0 Å². The monoisotopic (exact) mass is 207 g/mol. The molecule has 0 heterocycles. The van der Waals surface area contributed by atoms with Crippen LogP contribution in [0.5, 0.6) is 5.75 Å². The van der Waals surface area contributed by atoms with Crippen molar-refractivity contribution in [2.45, 2.75) is 25.6 Å². The normalized spacial score (nSPS) is 14.3. The van der Waals surface area contributed by atoms with Crippen LogP contribution >= 0.6 is 0 Å². The van der Waals surface area contributed by atoms with Crippen LogP contribution < -0.4 is 0 Å². The average molecular weight is 207 g/mol. The molecule has 15 heavy (non-hydrogen) atoms. The number of nitriles is 1. The Kier molecular flexibility index (Phi) is 3.67. The van der Waals surface area contributed by atoms with E-state index in [9.17, 15) is 10.2 Å². The summed E-state index contributed by atoms with van der Waals surface area (Å²) in [4.78, 5) is 0. The topological polar surface area (TPSA) is 84.5 Å². The van der Waals surface area contributed by atoms with Gasteiger partial charge in [0.2, 0.25) is 0 Å². The molecule has 2 unspecified atom stereocenters. The molecule has 4 heteroatoms. The predicted octanol–water partition coefficient (Wildman–Crippen LogP) is 1.01. The van der Waals surface area contributed by atoms with Crippen molar-refractivity contribution in [3.8, 4) is 11.8 Å². The number of hydrogen-bond acceptors (Lipinski definition) is 4. The zero-order chi connectivity index (χ0) is 11.4. The van der Waals surface area contributed by atoms with Crippen molar-refractivity contribution in [3.63, 3.8) is 0 Å². The van der Waals surface area contributed by atoms with Crippen molar-refractivity contribution in [1.29, 1.82) is 5.26 Å². The van der Waals surface area contributed by atoms with E-state index in [0.717, 1.165) is 0 Å². The number of phenolic OH excluding ortho intramolecular Hbond substituents is 1. The summed E-state index contributed by atoms with van der Waals surface area (Å²) in [6.45, 7) is 1.72. The molecule has 0 aromatic heterocycles. The van der Waals surface area contributed by atoms with Crippen molar-refractivity contribution in [2.24, 2.45) is 0 Å². The van der Waals surface area contributed by atoms with Crippen molar-refractivity contribution < 1.29 is 15.3 Å². The first-order valence-corrected chi connectivity index (χ1v) is 4.59. The molecular formula is C11H13NO3. The van der Waals surface area contributed by atoms with Crippen LogP contribution in [-0.4, -0.2) is 21.4 Å². The lowest BCUT2D eigenvalue weighted by Gasteiger charge is -2.17. The minimum atomic E-state index is -1.10. The first kappa shape index (κ1) is 11.5. The van der Waals surface area contributed by atoms with E-state index in [4.69, 9.17) is 10.4 Å². The summed E-state index contributed by atoms with van der Waals surface area (Å²) >= 11 is 0. The fraction of sp³-hybridized carbons (Fsp3) is 0.364. The second-order valence-electron chi connectivity index (χ2n) is 3.42. The van der Waals surface area contributed by atoms with E-state index in [1.54, 1.807) is 13.0 Å². The standard InChI is InChI=1S/C11H13NO3/c1-7-6-8(13)2-3-9(7)11(15)10(14)4-5-12/h2-3,6,10-11,13-15H,4H2,1H3. The summed E-state index contributed by atoms with van der Waals surface area (Å²) in [5.41, 5.74) is 1.20. The van der Waals surface area contributed by atoms with Crippen LogP contribution in [0.3, 0.4) is 0 Å². The molecule has 2 atom stereocenters. The molecule has 0 aliphatic carbocycles. The van der Waals surface area contributed by atoms with Crippen molar-refractivity contribution in [1.82, 2.24) is 0 Å². The molecule has 0 saturated heterocycles. The van der Waals surface area contributed by atoms with Crippen LogP contribution in [0.4, 0.5) is 0 Å². The Morgan fingerprint density at radius 2 is 2.07 bits per heavy atom. The van der Waals surface area contributed by atoms with Gasteiger partial charge in [-0.05, 0) is 30.2 Å². The average Bonchev–Trinajstić information content (AvgIpc) is 2.17. The fourth-order valence-electron chi connectivity index (χ4n) is 1.40. The lowest BCUT2D eigenvalue weighted by atomic mass is 9.98. The van der Waals surface area contributed by atoms with Gasteiger partial charge in [-0.3, -0.25) is 0 Å². The molecule has 0 saturated carbocycles. The SMILES string of the molecule is Cc1cc(O)ccc1C(O)C(O)CC#N. The van der Waals surface area contributed by atoms with E-state index < -0.39 is 12.2 Å². The summed E-state index contributed by atoms with van der Waals surface area (Å²) in [7, 11) is 0. The second kappa shape index (κ2) is 4.78. The molecule has 0 aliphatic heterocycles. The summed E-state index contributed by atoms with van der Waals surface area (Å²) in [5.74, 6) is 0.109. The number of aliphatic hydroxyl groups is 2. The van der Waals surface area contributed by atoms with Crippen molar-refractivity contribution >= 4 is 0 Å². The Hall–Kier alpha value is -1.57. The van der Waals surface area contributed by atoms with Crippen molar-refractivity contribution in [2.75, 3.05) is 0 Å². The van der Waals surface area contributed by atoms with Crippen molar-refractivity contribution in [3.05, 3.63) is 29.3 Å². The fourth-order valence-corrected chi connectivity index (χ4v) is 1.40. The zero-order valence-electron chi connectivity index (χ0n) is 8.38. The minimum Gasteiger partial charge on any atom is -0.508 e. The predicted molar refractivity (Wildman–Crippen MR) is 54.0 cm³/mol. The number of phenols is 1. The van der Waals surface area contributed by atoms with Gasteiger partial charge in [-0.15, -0.1) is 0 Å². The van der Waals surface area contributed by atoms with E-state index in [0.29, 0.717) is 11.1 Å². The molecule has 1 rings (SSSR count). The Morgan fingerprint density at radius 1 is 1.40 bits per heavy atom. The maximum absolute atomic E-state index is 9.71. The molecule has 0 bridgehead atoms. The Bertz CT molecular complexity index is 384. The third-order valence-electron chi connectivity index (χ3n) is 2.24. The van der Waals surface area contributed by atoms with Crippen LogP contribution in [0.2, 0.25) is 0 Å². The van der Waals surface area contributed by atoms with Gasteiger partial charge in [0.1, 0.15) is 11.9 Å². The molecule has 1 aromatic carbocycles. The molecule has 0 amide bonds. The maximum atomic E-state index is 9.71. The zero-order valence-corrected chi connectivity index (χ0v) is 8.38. The van der Waals surface area contributed by atoms with Gasteiger partial charge in [-0.1, -0.05) is 6.07 Å². The highest BCUT2D eigenvalue weighted by atomic mass is 16.3. The van der Waals surface area contributed by atoms with Gasteiger partial charge in [0, 0.05) is 0 Å². The number of aromatic hydroxyl groups is 1. The first-order valence-electron chi connectivity index (χ1n) is 4.59. The molecule has 0 fully saturated rings. The van der Waals surface area contributed by atoms with Gasteiger partial charge in [-0.25, -0.2) is 0 Å². The number of hydrogen-bond donors (Lipinski definition) is 3. The van der Waals surface area contributed by atoms with Crippen LogP contribution in [0, 0.1) is 18.3 Å². The quantitative estimate of drug-likeness (QED) is 0.690. The first-order chi connectivity index (χ1) is 7.06. The van der Waals surface area contributed by atoms with Gasteiger partial charge in [0.05, 0.1) is 18.6 Å². The van der Waals surface area contributed by atoms with Gasteiger partial charge in [0.25, 0.3) is 0 Å². The van der Waals surface area contributed by atoms with Crippen LogP contribution in [0.15, 0.2) is 18.2 Å². The lowest BCUT2D eigenvalue weighted by Crippen LogP contribution is -2.18. The highest BCUT2D eigenvalue weighted by Gasteiger charge is 2.19. The Labute approximate surface area is 88.0 Å². The molecule has 4 nitrogen and oxygen atoms in total. The third kappa shape index (κ3) is 2.69. The van der Waals surface area contributed by atoms with E-state index in [1.807, 2.05) is 0 Å². The summed E-state index contributed by atoms with van der Waals surface area (Å²) in [6.07, 6.45) is -2.31. The highest BCUT2D eigenvalue weighted by molar-refractivity contribution is 5.35. The summed E-state index contributed by atoms with van der Waals surface area (Å²) in [5, 5.41) is 36.7. The molecule has 3 N–H and O–H groups in total. The largest absolute Gasteiger partial charge is 0.508 e.